The van der Waals surface area contributed by atoms with Gasteiger partial charge in [0.05, 0.1) is 0 Å². The van der Waals surface area contributed by atoms with E-state index < -0.39 is 0 Å². The van der Waals surface area contributed by atoms with Crippen LogP contribution in [-0.2, 0) is 9.53 Å². The molecule has 2 heteroatoms. The van der Waals surface area contributed by atoms with Crippen molar-refractivity contribution in [2.45, 2.75) is 53.1 Å². The molecule has 0 aliphatic heterocycles. The monoisotopic (exact) mass is 222 g/mol. The van der Waals surface area contributed by atoms with E-state index in [0.717, 1.165) is 12.8 Å². The predicted octanol–water partition coefficient (Wildman–Crippen LogP) is 3.63. The highest BCUT2D eigenvalue weighted by Crippen LogP contribution is 2.31. The van der Waals surface area contributed by atoms with Crippen molar-refractivity contribution >= 4 is 6.47 Å². The van der Waals surface area contributed by atoms with Crippen LogP contribution < -0.4 is 0 Å². The van der Waals surface area contributed by atoms with Gasteiger partial charge in [0.2, 0.25) is 0 Å². The Morgan fingerprint density at radius 3 is 2.88 bits per heavy atom. The maximum absolute atomic E-state index is 10.2. The third-order valence-corrected chi connectivity index (χ3v) is 3.30. The zero-order valence-electron chi connectivity index (χ0n) is 10.7. The summed E-state index contributed by atoms with van der Waals surface area (Å²) in [5.74, 6) is 0.539. The number of rotatable bonds is 4. The van der Waals surface area contributed by atoms with Gasteiger partial charge in [-0.25, -0.2) is 0 Å². The Balaban J connectivity index is 2.69. The zero-order valence-corrected chi connectivity index (χ0v) is 10.7. The molecule has 0 N–H and O–H groups in total. The van der Waals surface area contributed by atoms with Gasteiger partial charge in [0, 0.05) is 6.42 Å². The Morgan fingerprint density at radius 1 is 1.62 bits per heavy atom. The largest absolute Gasteiger partial charge is 0.465 e. The molecule has 0 aromatic carbocycles. The van der Waals surface area contributed by atoms with Gasteiger partial charge in [0.15, 0.2) is 0 Å². The summed E-state index contributed by atoms with van der Waals surface area (Å²) in [6, 6.07) is 0. The summed E-state index contributed by atoms with van der Waals surface area (Å²) in [4.78, 5) is 10.2. The van der Waals surface area contributed by atoms with E-state index in [1.807, 2.05) is 6.92 Å². The van der Waals surface area contributed by atoms with E-state index >= 15 is 0 Å². The summed E-state index contributed by atoms with van der Waals surface area (Å²) in [5, 5.41) is 0. The van der Waals surface area contributed by atoms with Gasteiger partial charge in [0.1, 0.15) is 6.10 Å². The van der Waals surface area contributed by atoms with Crippen molar-refractivity contribution < 1.29 is 9.53 Å². The van der Waals surface area contributed by atoms with Crippen LogP contribution in [0, 0.1) is 5.92 Å². The van der Waals surface area contributed by atoms with Crippen LogP contribution in [0.3, 0.4) is 0 Å². The van der Waals surface area contributed by atoms with E-state index in [4.69, 9.17) is 4.74 Å². The van der Waals surface area contributed by atoms with Crippen LogP contribution in [0.1, 0.15) is 47.0 Å². The van der Waals surface area contributed by atoms with E-state index in [-0.39, 0.29) is 6.10 Å². The second-order valence-electron chi connectivity index (χ2n) is 4.85. The van der Waals surface area contributed by atoms with Crippen molar-refractivity contribution in [3.63, 3.8) is 0 Å². The minimum Gasteiger partial charge on any atom is -0.465 e. The molecule has 16 heavy (non-hydrogen) atoms. The number of carbonyl (C=O) groups excluding carboxylic acids is 1. The lowest BCUT2D eigenvalue weighted by atomic mass is 9.83. The third kappa shape index (κ3) is 3.51. The van der Waals surface area contributed by atoms with Gasteiger partial charge in [-0.15, -0.1) is 0 Å². The summed E-state index contributed by atoms with van der Waals surface area (Å²) in [7, 11) is 0. The number of hydrogen-bond acceptors (Lipinski definition) is 2. The molecule has 0 spiro atoms. The molecule has 90 valence electrons. The molecule has 1 rings (SSSR count). The fraction of sp³-hybridized carbons (Fsp3) is 0.643. The van der Waals surface area contributed by atoms with E-state index in [0.29, 0.717) is 12.4 Å². The first-order valence-corrected chi connectivity index (χ1v) is 5.99. The molecule has 1 aliphatic rings. The second-order valence-corrected chi connectivity index (χ2v) is 4.85. The van der Waals surface area contributed by atoms with Gasteiger partial charge >= 0.3 is 0 Å². The molecule has 0 fully saturated rings. The fourth-order valence-corrected chi connectivity index (χ4v) is 2.48. The Morgan fingerprint density at radius 2 is 2.31 bits per heavy atom. The summed E-state index contributed by atoms with van der Waals surface area (Å²) in [5.41, 5.74) is 4.39. The van der Waals surface area contributed by atoms with Gasteiger partial charge in [-0.2, -0.15) is 0 Å². The van der Waals surface area contributed by atoms with E-state index in [1.165, 1.54) is 23.1 Å². The van der Waals surface area contributed by atoms with Gasteiger partial charge in [-0.05, 0) is 39.5 Å². The molecule has 0 saturated heterocycles. The first kappa shape index (κ1) is 13.0. The lowest BCUT2D eigenvalue weighted by Crippen LogP contribution is -2.11. The molecule has 0 unspecified atom stereocenters. The summed E-state index contributed by atoms with van der Waals surface area (Å²) in [6.45, 7) is 9.07. The number of hydrogen-bond donors (Lipinski definition) is 0. The second kappa shape index (κ2) is 5.88. The fourth-order valence-electron chi connectivity index (χ4n) is 2.48. The summed E-state index contributed by atoms with van der Waals surface area (Å²) in [6.07, 6.45) is 5.51. The van der Waals surface area contributed by atoms with Crippen molar-refractivity contribution in [1.82, 2.24) is 0 Å². The Bertz CT molecular complexity index is 313. The topological polar surface area (TPSA) is 26.3 Å². The van der Waals surface area contributed by atoms with Gasteiger partial charge in [0.25, 0.3) is 6.47 Å². The van der Waals surface area contributed by atoms with Crippen LogP contribution >= 0.6 is 0 Å². The molecule has 2 nitrogen and oxygen atoms in total. The van der Waals surface area contributed by atoms with Crippen molar-refractivity contribution in [3.05, 3.63) is 22.8 Å². The molecule has 0 aromatic heterocycles. The Kier molecular flexibility index (Phi) is 4.78. The SMILES string of the molecule is CC1=C[C@@H](C)C(=C(C)C[C@H](C)OC=O)CC1. The third-order valence-electron chi connectivity index (χ3n) is 3.30. The molecule has 1 aliphatic carbocycles. The normalized spacial score (nSPS) is 25.8. The predicted molar refractivity (Wildman–Crippen MR) is 66.1 cm³/mol. The molecule has 0 amide bonds. The molecular formula is C14H22O2. The lowest BCUT2D eigenvalue weighted by Gasteiger charge is -2.23. The van der Waals surface area contributed by atoms with Crippen LogP contribution in [0.25, 0.3) is 0 Å². The smallest absolute Gasteiger partial charge is 0.293 e. The Hall–Kier alpha value is -1.05. The Labute approximate surface area is 98.4 Å². The zero-order chi connectivity index (χ0) is 12.1. The first-order chi connectivity index (χ1) is 7.54. The van der Waals surface area contributed by atoms with Crippen molar-refractivity contribution in [1.29, 1.82) is 0 Å². The summed E-state index contributed by atoms with van der Waals surface area (Å²) >= 11 is 0. The molecule has 0 radical (unpaired) electrons. The number of ether oxygens (including phenoxy) is 1. The maximum atomic E-state index is 10.2. The van der Waals surface area contributed by atoms with Crippen LogP contribution in [0.2, 0.25) is 0 Å². The minimum absolute atomic E-state index is 0.01000. The highest BCUT2D eigenvalue weighted by molar-refractivity contribution is 5.37. The van der Waals surface area contributed by atoms with E-state index in [2.05, 4.69) is 26.8 Å². The number of carbonyl (C=O) groups is 1. The van der Waals surface area contributed by atoms with Crippen LogP contribution in [0.5, 0.6) is 0 Å². The molecule has 0 heterocycles. The van der Waals surface area contributed by atoms with Crippen LogP contribution in [-0.4, -0.2) is 12.6 Å². The lowest BCUT2D eigenvalue weighted by molar-refractivity contribution is -0.132. The number of allylic oxidation sites excluding steroid dienone is 3. The average Bonchev–Trinajstić information content (AvgIpc) is 2.17. The average molecular weight is 222 g/mol. The molecule has 0 saturated carbocycles. The van der Waals surface area contributed by atoms with Crippen molar-refractivity contribution in [2.75, 3.05) is 0 Å². The quantitative estimate of drug-likeness (QED) is 0.536. The van der Waals surface area contributed by atoms with Crippen LogP contribution in [0.4, 0.5) is 0 Å². The molecule has 2 atom stereocenters. The van der Waals surface area contributed by atoms with Crippen LogP contribution in [0.15, 0.2) is 22.8 Å². The maximum Gasteiger partial charge on any atom is 0.293 e. The molecule has 0 aromatic rings. The molecule has 0 bridgehead atoms. The van der Waals surface area contributed by atoms with Crippen molar-refractivity contribution in [2.24, 2.45) is 5.92 Å². The van der Waals surface area contributed by atoms with E-state index in [1.54, 1.807) is 0 Å². The van der Waals surface area contributed by atoms with Gasteiger partial charge in [-0.1, -0.05) is 29.7 Å². The minimum atomic E-state index is -0.01000. The molecular weight excluding hydrogens is 200 g/mol. The summed E-state index contributed by atoms with van der Waals surface area (Å²) < 4.78 is 4.93. The first-order valence-electron chi connectivity index (χ1n) is 5.99. The van der Waals surface area contributed by atoms with Gasteiger partial charge < -0.3 is 4.74 Å². The van der Waals surface area contributed by atoms with E-state index in [9.17, 15) is 4.79 Å². The highest BCUT2D eigenvalue weighted by Gasteiger charge is 2.16. The van der Waals surface area contributed by atoms with Gasteiger partial charge in [-0.3, -0.25) is 4.79 Å². The van der Waals surface area contributed by atoms with Crippen molar-refractivity contribution in [3.8, 4) is 0 Å². The standard InChI is InChI=1S/C14H22O2/c1-10-5-6-14(11(2)7-10)12(3)8-13(4)16-9-15/h7,9,11,13H,5-6,8H2,1-4H3/t11-,13+/m1/s1. The highest BCUT2D eigenvalue weighted by atomic mass is 16.5.